The number of aliphatic hydroxyl groups is 1. The third kappa shape index (κ3) is 3.19. The molecule has 0 spiro atoms. The number of hydrogen-bond donors (Lipinski definition) is 2. The molecule has 0 aromatic heterocycles. The van der Waals surface area contributed by atoms with Crippen LogP contribution in [0, 0.1) is 0 Å². The van der Waals surface area contributed by atoms with E-state index in [9.17, 15) is 9.90 Å². The lowest BCUT2D eigenvalue weighted by atomic mass is 10.1. The Balaban J connectivity index is 4.24. The number of aliphatic carboxylic acids is 1. The molecule has 0 amide bonds. The zero-order valence-corrected chi connectivity index (χ0v) is 7.87. The second kappa shape index (κ2) is 4.42. The molecule has 0 aromatic rings. The fourth-order valence-corrected chi connectivity index (χ4v) is 1.30. The highest BCUT2D eigenvalue weighted by molar-refractivity contribution is 5.67. The average Bonchev–Trinajstić information content (AvgIpc) is 1.85. The molecular formula is C8H17NO3. The van der Waals surface area contributed by atoms with Crippen molar-refractivity contribution in [1.29, 1.82) is 0 Å². The van der Waals surface area contributed by atoms with Crippen LogP contribution < -0.4 is 0 Å². The summed E-state index contributed by atoms with van der Waals surface area (Å²) in [7, 11) is 0. The maximum absolute atomic E-state index is 10.4. The zero-order chi connectivity index (χ0) is 9.78. The topological polar surface area (TPSA) is 60.8 Å². The maximum Gasteiger partial charge on any atom is 0.307 e. The number of nitrogens with zero attached hydrogens (tertiary/aromatic N) is 1. The predicted molar refractivity (Wildman–Crippen MR) is 45.8 cm³/mol. The van der Waals surface area contributed by atoms with Gasteiger partial charge in [-0.25, -0.2) is 0 Å². The van der Waals surface area contributed by atoms with Gasteiger partial charge in [-0.2, -0.15) is 0 Å². The van der Waals surface area contributed by atoms with E-state index in [4.69, 9.17) is 5.11 Å². The lowest BCUT2D eigenvalue weighted by Gasteiger charge is -2.34. The van der Waals surface area contributed by atoms with Crippen LogP contribution in [0.15, 0.2) is 0 Å². The van der Waals surface area contributed by atoms with E-state index in [0.29, 0.717) is 13.1 Å². The van der Waals surface area contributed by atoms with Gasteiger partial charge in [0, 0.05) is 0 Å². The summed E-state index contributed by atoms with van der Waals surface area (Å²) in [5.41, 5.74) is -1.23. The Labute approximate surface area is 72.8 Å². The second-order valence-electron chi connectivity index (χ2n) is 2.96. The summed E-state index contributed by atoms with van der Waals surface area (Å²) in [6, 6.07) is 0. The van der Waals surface area contributed by atoms with E-state index >= 15 is 0 Å². The van der Waals surface area contributed by atoms with Crippen molar-refractivity contribution in [2.24, 2.45) is 0 Å². The van der Waals surface area contributed by atoms with Crippen LogP contribution in [0.4, 0.5) is 0 Å². The lowest BCUT2D eigenvalue weighted by molar-refractivity contribution is -0.152. The molecule has 0 rings (SSSR count). The Bertz CT molecular complexity index is 152. The van der Waals surface area contributed by atoms with Gasteiger partial charge in [-0.1, -0.05) is 13.8 Å². The fourth-order valence-electron chi connectivity index (χ4n) is 1.30. The van der Waals surface area contributed by atoms with E-state index in [2.05, 4.69) is 0 Å². The highest BCUT2D eigenvalue weighted by atomic mass is 16.4. The molecule has 0 fully saturated rings. The van der Waals surface area contributed by atoms with Crippen molar-refractivity contribution in [2.45, 2.75) is 32.9 Å². The second-order valence-corrected chi connectivity index (χ2v) is 2.96. The molecule has 4 heteroatoms. The molecule has 0 aliphatic heterocycles. The molecule has 0 bridgehead atoms. The van der Waals surface area contributed by atoms with Crippen molar-refractivity contribution in [3.63, 3.8) is 0 Å². The van der Waals surface area contributed by atoms with E-state index < -0.39 is 11.7 Å². The Morgan fingerprint density at radius 3 is 2.08 bits per heavy atom. The summed E-state index contributed by atoms with van der Waals surface area (Å²) >= 11 is 0. The molecule has 0 saturated carbocycles. The van der Waals surface area contributed by atoms with Crippen LogP contribution in [0.2, 0.25) is 0 Å². The van der Waals surface area contributed by atoms with Crippen molar-refractivity contribution < 1.29 is 15.0 Å². The Kier molecular flexibility index (Phi) is 4.20. The van der Waals surface area contributed by atoms with Gasteiger partial charge in [0.1, 0.15) is 5.72 Å². The molecule has 2 N–H and O–H groups in total. The van der Waals surface area contributed by atoms with Gasteiger partial charge in [-0.15, -0.1) is 0 Å². The van der Waals surface area contributed by atoms with Gasteiger partial charge < -0.3 is 10.2 Å². The summed E-state index contributed by atoms with van der Waals surface area (Å²) in [6.45, 7) is 6.60. The molecule has 1 unspecified atom stereocenters. The number of carboxylic acid groups (broad SMARTS) is 1. The smallest absolute Gasteiger partial charge is 0.307 e. The number of rotatable bonds is 5. The van der Waals surface area contributed by atoms with Gasteiger partial charge in [-0.3, -0.25) is 9.69 Å². The molecule has 0 aliphatic carbocycles. The van der Waals surface area contributed by atoms with Crippen LogP contribution in [0.3, 0.4) is 0 Å². The summed E-state index contributed by atoms with van der Waals surface area (Å²) in [5.74, 6) is -0.980. The van der Waals surface area contributed by atoms with E-state index in [-0.39, 0.29) is 6.42 Å². The first-order valence-corrected chi connectivity index (χ1v) is 4.13. The highest BCUT2D eigenvalue weighted by Gasteiger charge is 2.29. The summed E-state index contributed by atoms with van der Waals surface area (Å²) in [6.07, 6.45) is -0.241. The van der Waals surface area contributed by atoms with Crippen LogP contribution in [0.1, 0.15) is 27.2 Å². The van der Waals surface area contributed by atoms with Gasteiger partial charge in [-0.05, 0) is 20.0 Å². The first-order chi connectivity index (χ1) is 5.44. The predicted octanol–water partition coefficient (Wildman–Crippen LogP) is 0.511. The number of carboxylic acids is 1. The van der Waals surface area contributed by atoms with Crippen LogP contribution >= 0.6 is 0 Å². The van der Waals surface area contributed by atoms with Crippen LogP contribution in [0.25, 0.3) is 0 Å². The van der Waals surface area contributed by atoms with Crippen LogP contribution in [-0.2, 0) is 4.79 Å². The average molecular weight is 175 g/mol. The molecule has 1 atom stereocenters. The van der Waals surface area contributed by atoms with Crippen LogP contribution in [-0.4, -0.2) is 39.9 Å². The first-order valence-electron chi connectivity index (χ1n) is 4.13. The minimum atomic E-state index is -1.23. The SMILES string of the molecule is CCN(CC)C(C)(O)CC(=O)O. The normalized spacial score (nSPS) is 16.1. The van der Waals surface area contributed by atoms with Crippen molar-refractivity contribution >= 4 is 5.97 Å². The summed E-state index contributed by atoms with van der Waals surface area (Å²) in [5, 5.41) is 18.2. The van der Waals surface area contributed by atoms with Crippen molar-refractivity contribution in [1.82, 2.24) is 4.90 Å². The Morgan fingerprint density at radius 1 is 1.42 bits per heavy atom. The van der Waals surface area contributed by atoms with E-state index in [1.165, 1.54) is 6.92 Å². The summed E-state index contributed by atoms with van der Waals surface area (Å²) < 4.78 is 0. The molecule has 72 valence electrons. The third-order valence-corrected chi connectivity index (χ3v) is 1.93. The zero-order valence-electron chi connectivity index (χ0n) is 7.87. The van der Waals surface area contributed by atoms with Crippen molar-refractivity contribution in [3.8, 4) is 0 Å². The molecule has 0 saturated heterocycles. The molecule has 0 heterocycles. The van der Waals surface area contributed by atoms with Gasteiger partial charge in [0.2, 0.25) is 0 Å². The molecule has 4 nitrogen and oxygen atoms in total. The van der Waals surface area contributed by atoms with Crippen LogP contribution in [0.5, 0.6) is 0 Å². The monoisotopic (exact) mass is 175 g/mol. The number of hydrogen-bond acceptors (Lipinski definition) is 3. The Hall–Kier alpha value is -0.610. The van der Waals surface area contributed by atoms with E-state index in [1.54, 1.807) is 4.90 Å². The highest BCUT2D eigenvalue weighted by Crippen LogP contribution is 2.14. The largest absolute Gasteiger partial charge is 0.481 e. The summed E-state index contributed by atoms with van der Waals surface area (Å²) in [4.78, 5) is 12.1. The van der Waals surface area contributed by atoms with Crippen molar-refractivity contribution in [2.75, 3.05) is 13.1 Å². The quantitative estimate of drug-likeness (QED) is 0.598. The minimum absolute atomic E-state index is 0.241. The van der Waals surface area contributed by atoms with Gasteiger partial charge in [0.15, 0.2) is 0 Å². The fraction of sp³-hybridized carbons (Fsp3) is 0.875. The van der Waals surface area contributed by atoms with Crippen molar-refractivity contribution in [3.05, 3.63) is 0 Å². The van der Waals surface area contributed by atoms with Gasteiger partial charge in [0.05, 0.1) is 6.42 Å². The molecule has 0 aliphatic rings. The molecule has 0 radical (unpaired) electrons. The Morgan fingerprint density at radius 2 is 1.83 bits per heavy atom. The molecule has 12 heavy (non-hydrogen) atoms. The number of carbonyl (C=O) groups is 1. The molecule has 0 aromatic carbocycles. The van der Waals surface area contributed by atoms with E-state index in [1.807, 2.05) is 13.8 Å². The molecular weight excluding hydrogens is 158 g/mol. The van der Waals surface area contributed by atoms with E-state index in [0.717, 1.165) is 0 Å². The van der Waals surface area contributed by atoms with Gasteiger partial charge in [0.25, 0.3) is 0 Å². The maximum atomic E-state index is 10.4. The standard InChI is InChI=1S/C8H17NO3/c1-4-9(5-2)8(3,12)6-7(10)11/h12H,4-6H2,1-3H3,(H,10,11). The van der Waals surface area contributed by atoms with Gasteiger partial charge >= 0.3 is 5.97 Å². The third-order valence-electron chi connectivity index (χ3n) is 1.93. The lowest BCUT2D eigenvalue weighted by Crippen LogP contribution is -2.47. The minimum Gasteiger partial charge on any atom is -0.481 e. The first kappa shape index (κ1) is 11.4.